The molecular weight excluding hydrogens is 598 g/mol. The molecule has 0 saturated carbocycles. The summed E-state index contributed by atoms with van der Waals surface area (Å²) in [4.78, 5) is 23.8. The Morgan fingerprint density at radius 1 is 0.891 bits per heavy atom. The average molecular weight is 636 g/mol. The van der Waals surface area contributed by atoms with Crippen LogP contribution in [0.25, 0.3) is 22.3 Å². The van der Waals surface area contributed by atoms with E-state index in [1.165, 1.54) is 11.1 Å². The van der Waals surface area contributed by atoms with E-state index in [0.717, 1.165) is 18.7 Å². The SMILES string of the molecule is COc1cccc(-c2cc(C(=O)N3CCN(C(c4ccccc4)c4ccccc4)CC3)c3c(C)nn(C4CCS(=O)(=O)C4)c3n2)c1. The van der Waals surface area contributed by atoms with Crippen molar-refractivity contribution < 1.29 is 17.9 Å². The first-order valence-electron chi connectivity index (χ1n) is 15.7. The summed E-state index contributed by atoms with van der Waals surface area (Å²) in [6.07, 6.45) is 0.471. The summed E-state index contributed by atoms with van der Waals surface area (Å²) in [5, 5.41) is 5.46. The molecule has 0 bridgehead atoms. The van der Waals surface area contributed by atoms with Gasteiger partial charge in [-0.05, 0) is 42.7 Å². The summed E-state index contributed by atoms with van der Waals surface area (Å²) in [5.74, 6) is 0.746. The average Bonchev–Trinajstić information content (AvgIpc) is 3.63. The molecule has 0 radical (unpaired) electrons. The number of carbonyl (C=O) groups excluding carboxylic acids is 1. The molecule has 1 atom stereocenters. The number of hydrogen-bond donors (Lipinski definition) is 0. The number of fused-ring (bicyclic) bond motifs is 1. The van der Waals surface area contributed by atoms with Gasteiger partial charge >= 0.3 is 0 Å². The van der Waals surface area contributed by atoms with Gasteiger partial charge in [0.15, 0.2) is 15.5 Å². The fourth-order valence-electron chi connectivity index (χ4n) is 6.87. The summed E-state index contributed by atoms with van der Waals surface area (Å²) in [6.45, 7) is 4.45. The number of sulfone groups is 1. The summed E-state index contributed by atoms with van der Waals surface area (Å²) in [7, 11) is -1.54. The van der Waals surface area contributed by atoms with Crippen molar-refractivity contribution in [1.29, 1.82) is 0 Å². The van der Waals surface area contributed by atoms with E-state index in [9.17, 15) is 13.2 Å². The van der Waals surface area contributed by atoms with Crippen LogP contribution in [0.3, 0.4) is 0 Å². The molecule has 1 unspecified atom stereocenters. The number of amides is 1. The van der Waals surface area contributed by atoms with Crippen LogP contribution < -0.4 is 4.74 Å². The lowest BCUT2D eigenvalue weighted by atomic mass is 9.96. The Hall–Kier alpha value is -4.54. The Bertz CT molecular complexity index is 1950. The number of hydrogen-bond acceptors (Lipinski definition) is 7. The molecule has 4 heterocycles. The van der Waals surface area contributed by atoms with Gasteiger partial charge in [0, 0.05) is 31.7 Å². The van der Waals surface area contributed by atoms with Gasteiger partial charge in [-0.1, -0.05) is 72.8 Å². The second-order valence-corrected chi connectivity index (χ2v) is 14.4. The van der Waals surface area contributed by atoms with Crippen molar-refractivity contribution in [2.75, 3.05) is 44.8 Å². The molecule has 2 aliphatic heterocycles. The summed E-state index contributed by atoms with van der Waals surface area (Å²) in [6, 6.07) is 30.2. The molecule has 236 valence electrons. The van der Waals surface area contributed by atoms with Crippen LogP contribution >= 0.6 is 0 Å². The van der Waals surface area contributed by atoms with Crippen molar-refractivity contribution in [2.24, 2.45) is 0 Å². The predicted molar refractivity (Wildman–Crippen MR) is 179 cm³/mol. The summed E-state index contributed by atoms with van der Waals surface area (Å²) in [5.41, 5.74) is 5.60. The molecule has 0 N–H and O–H groups in total. The number of methoxy groups -OCH3 is 1. The zero-order chi connectivity index (χ0) is 31.8. The van der Waals surface area contributed by atoms with Crippen LogP contribution in [-0.4, -0.2) is 83.7 Å². The molecule has 7 rings (SSSR count). The molecule has 2 aromatic heterocycles. The fourth-order valence-corrected chi connectivity index (χ4v) is 8.57. The quantitative estimate of drug-likeness (QED) is 0.239. The lowest BCUT2D eigenvalue weighted by Gasteiger charge is -2.40. The van der Waals surface area contributed by atoms with Crippen LogP contribution in [0.1, 0.15) is 45.7 Å². The van der Waals surface area contributed by atoms with Crippen LogP contribution in [0.2, 0.25) is 0 Å². The maximum Gasteiger partial charge on any atom is 0.254 e. The van der Waals surface area contributed by atoms with E-state index in [-0.39, 0.29) is 29.5 Å². The molecule has 2 saturated heterocycles. The molecule has 5 aromatic rings. The number of ether oxygens (including phenoxy) is 1. The minimum Gasteiger partial charge on any atom is -0.497 e. The molecule has 3 aromatic carbocycles. The van der Waals surface area contributed by atoms with E-state index in [1.54, 1.807) is 11.8 Å². The molecule has 9 nitrogen and oxygen atoms in total. The Balaban J connectivity index is 1.24. The lowest BCUT2D eigenvalue weighted by Crippen LogP contribution is -2.50. The first kappa shape index (κ1) is 30.1. The molecule has 10 heteroatoms. The van der Waals surface area contributed by atoms with Gasteiger partial charge in [-0.3, -0.25) is 9.69 Å². The monoisotopic (exact) mass is 635 g/mol. The first-order chi connectivity index (χ1) is 22.3. The Labute approximate surface area is 269 Å². The highest BCUT2D eigenvalue weighted by Gasteiger charge is 2.34. The molecule has 2 aliphatic rings. The molecule has 1 amide bonds. The number of nitrogens with zero attached hydrogens (tertiary/aromatic N) is 5. The highest BCUT2D eigenvalue weighted by Crippen LogP contribution is 2.34. The maximum atomic E-state index is 14.4. The van der Waals surface area contributed by atoms with Gasteiger partial charge in [0.2, 0.25) is 0 Å². The number of benzene rings is 3. The second-order valence-electron chi connectivity index (χ2n) is 12.1. The minimum atomic E-state index is -3.16. The van der Waals surface area contributed by atoms with E-state index in [4.69, 9.17) is 14.8 Å². The molecular formula is C36H37N5O4S. The zero-order valence-corrected chi connectivity index (χ0v) is 26.9. The molecule has 0 aliphatic carbocycles. The van der Waals surface area contributed by atoms with Crippen LogP contribution in [0, 0.1) is 6.92 Å². The van der Waals surface area contributed by atoms with Gasteiger partial charge in [0.1, 0.15) is 5.75 Å². The van der Waals surface area contributed by atoms with Crippen LogP contribution in [-0.2, 0) is 9.84 Å². The van der Waals surface area contributed by atoms with Gasteiger partial charge in [0.05, 0.1) is 53.0 Å². The summed E-state index contributed by atoms with van der Waals surface area (Å²) >= 11 is 0. The number of carbonyl (C=O) groups is 1. The number of aromatic nitrogens is 3. The second kappa shape index (κ2) is 12.3. The Morgan fingerprint density at radius 3 is 2.17 bits per heavy atom. The van der Waals surface area contributed by atoms with Crippen molar-refractivity contribution in [2.45, 2.75) is 25.4 Å². The van der Waals surface area contributed by atoms with Gasteiger partial charge in [-0.15, -0.1) is 0 Å². The van der Waals surface area contributed by atoms with Crippen LogP contribution in [0.5, 0.6) is 5.75 Å². The molecule has 46 heavy (non-hydrogen) atoms. The number of rotatable bonds is 7. The van der Waals surface area contributed by atoms with Gasteiger partial charge in [0.25, 0.3) is 5.91 Å². The van der Waals surface area contributed by atoms with Gasteiger partial charge in [-0.2, -0.15) is 5.10 Å². The highest BCUT2D eigenvalue weighted by atomic mass is 32.2. The van der Waals surface area contributed by atoms with E-state index < -0.39 is 9.84 Å². The number of aryl methyl sites for hydroxylation is 1. The highest BCUT2D eigenvalue weighted by molar-refractivity contribution is 7.91. The standard InChI is InChI=1S/C36H37N5O4S/c1-25-33-31(36(42)40-19-17-39(18-20-40)34(26-10-5-3-6-11-26)27-12-7-4-8-13-27)23-32(28-14-9-15-30(22-28)45-2)37-35(33)41(38-25)29-16-21-46(43,44)24-29/h3-15,22-23,29,34H,16-21,24H2,1-2H3. The molecule has 0 spiro atoms. The Kier molecular flexibility index (Phi) is 8.08. The zero-order valence-electron chi connectivity index (χ0n) is 26.0. The largest absolute Gasteiger partial charge is 0.497 e. The third-order valence-corrected chi connectivity index (χ3v) is 10.9. The number of piperazine rings is 1. The minimum absolute atomic E-state index is 0.0174. The topological polar surface area (TPSA) is 97.6 Å². The van der Waals surface area contributed by atoms with Gasteiger partial charge < -0.3 is 9.64 Å². The predicted octanol–water partition coefficient (Wildman–Crippen LogP) is 5.32. The lowest BCUT2D eigenvalue weighted by molar-refractivity contribution is 0.0599. The third kappa shape index (κ3) is 5.78. The summed E-state index contributed by atoms with van der Waals surface area (Å²) < 4.78 is 32.0. The van der Waals surface area contributed by atoms with Crippen LogP contribution in [0.4, 0.5) is 0 Å². The van der Waals surface area contributed by atoms with Crippen molar-refractivity contribution >= 4 is 26.8 Å². The Morgan fingerprint density at radius 2 is 1.57 bits per heavy atom. The smallest absolute Gasteiger partial charge is 0.254 e. The van der Waals surface area contributed by atoms with Crippen molar-refractivity contribution in [1.82, 2.24) is 24.6 Å². The number of pyridine rings is 1. The van der Waals surface area contributed by atoms with E-state index in [0.29, 0.717) is 53.2 Å². The van der Waals surface area contributed by atoms with Crippen molar-refractivity contribution in [3.05, 3.63) is 113 Å². The fraction of sp³-hybridized carbons (Fsp3) is 0.306. The maximum absolute atomic E-state index is 14.4. The van der Waals surface area contributed by atoms with Crippen molar-refractivity contribution in [3.8, 4) is 17.0 Å². The van der Waals surface area contributed by atoms with Crippen molar-refractivity contribution in [3.63, 3.8) is 0 Å². The normalized spacial score (nSPS) is 18.3. The molecule has 2 fully saturated rings. The first-order valence-corrected chi connectivity index (χ1v) is 17.5. The van der Waals surface area contributed by atoms with E-state index in [1.807, 2.05) is 54.3 Å². The van der Waals surface area contributed by atoms with Crippen LogP contribution in [0.15, 0.2) is 91.0 Å². The third-order valence-electron chi connectivity index (χ3n) is 9.18. The van der Waals surface area contributed by atoms with E-state index in [2.05, 4.69) is 53.4 Å². The van der Waals surface area contributed by atoms with Gasteiger partial charge in [-0.25, -0.2) is 18.1 Å². The van der Waals surface area contributed by atoms with E-state index >= 15 is 0 Å².